The molecular weight excluding hydrogens is 270 g/mol. The third-order valence-corrected chi connectivity index (χ3v) is 4.09. The Labute approximate surface area is 113 Å². The Balaban J connectivity index is 2.59. The summed E-state index contributed by atoms with van der Waals surface area (Å²) in [5, 5.41) is 0. The van der Waals surface area contributed by atoms with E-state index in [1.807, 2.05) is 31.2 Å². The highest BCUT2D eigenvalue weighted by Crippen LogP contribution is 2.21. The molecule has 18 heavy (non-hydrogen) atoms. The molecule has 1 rings (SSSR count). The molecule has 1 atom stereocenters. The summed E-state index contributed by atoms with van der Waals surface area (Å²) in [4.78, 5) is 1.15. The summed E-state index contributed by atoms with van der Waals surface area (Å²) in [6.45, 7) is 2.55. The van der Waals surface area contributed by atoms with E-state index in [0.717, 1.165) is 22.8 Å². The van der Waals surface area contributed by atoms with Crippen LogP contribution in [0.3, 0.4) is 0 Å². The number of methoxy groups -OCH3 is 1. The molecule has 1 aromatic carbocycles. The van der Waals surface area contributed by atoms with Crippen molar-refractivity contribution in [1.82, 2.24) is 4.72 Å². The van der Waals surface area contributed by atoms with Crippen molar-refractivity contribution in [2.45, 2.75) is 17.9 Å². The highest BCUT2D eigenvalue weighted by molar-refractivity contribution is 7.99. The molecule has 0 aliphatic carbocycles. The van der Waals surface area contributed by atoms with Gasteiger partial charge in [-0.2, -0.15) is 0 Å². The van der Waals surface area contributed by atoms with Crippen molar-refractivity contribution in [2.75, 3.05) is 25.7 Å². The number of rotatable bonds is 7. The molecule has 0 heterocycles. The molecule has 0 amide bonds. The normalized spacial score (nSPS) is 13.5. The number of ether oxygens (including phenoxy) is 1. The van der Waals surface area contributed by atoms with Crippen LogP contribution in [0.15, 0.2) is 29.2 Å². The SMILES string of the molecule is COCCSc1ccc(C(C)NS(C)(=O)=O)cc1. The lowest BCUT2D eigenvalue weighted by molar-refractivity contribution is 0.218. The maximum atomic E-state index is 11.1. The molecule has 0 spiro atoms. The molecule has 4 nitrogen and oxygen atoms in total. The van der Waals surface area contributed by atoms with Crippen LogP contribution < -0.4 is 4.72 Å². The van der Waals surface area contributed by atoms with Gasteiger partial charge in [-0.05, 0) is 24.6 Å². The van der Waals surface area contributed by atoms with Crippen LogP contribution in [0.4, 0.5) is 0 Å². The van der Waals surface area contributed by atoms with Gasteiger partial charge < -0.3 is 4.74 Å². The van der Waals surface area contributed by atoms with Crippen LogP contribution >= 0.6 is 11.8 Å². The lowest BCUT2D eigenvalue weighted by Crippen LogP contribution is -2.25. The Hall–Kier alpha value is -0.560. The topological polar surface area (TPSA) is 55.4 Å². The van der Waals surface area contributed by atoms with Crippen molar-refractivity contribution in [3.63, 3.8) is 0 Å². The molecule has 0 radical (unpaired) electrons. The summed E-state index contributed by atoms with van der Waals surface area (Å²) in [6.07, 6.45) is 1.17. The van der Waals surface area contributed by atoms with Crippen molar-refractivity contribution >= 4 is 21.8 Å². The van der Waals surface area contributed by atoms with Gasteiger partial charge in [-0.1, -0.05) is 12.1 Å². The van der Waals surface area contributed by atoms with Gasteiger partial charge in [-0.15, -0.1) is 11.8 Å². The molecule has 0 aliphatic rings. The Kier molecular flexibility index (Phi) is 6.14. The summed E-state index contributed by atoms with van der Waals surface area (Å²) in [5.74, 6) is 0.910. The molecule has 1 aromatic rings. The van der Waals surface area contributed by atoms with Gasteiger partial charge in [0.15, 0.2) is 0 Å². The lowest BCUT2D eigenvalue weighted by Gasteiger charge is -2.13. The smallest absolute Gasteiger partial charge is 0.209 e. The predicted molar refractivity (Wildman–Crippen MR) is 75.4 cm³/mol. The number of hydrogen-bond donors (Lipinski definition) is 1. The summed E-state index contributed by atoms with van der Waals surface area (Å²) in [7, 11) is -1.49. The second-order valence-corrected chi connectivity index (χ2v) is 6.97. The van der Waals surface area contributed by atoms with Gasteiger partial charge in [0.1, 0.15) is 0 Å². The van der Waals surface area contributed by atoms with Crippen molar-refractivity contribution in [3.8, 4) is 0 Å². The second-order valence-electron chi connectivity index (χ2n) is 4.02. The van der Waals surface area contributed by atoms with Crippen molar-refractivity contribution in [2.24, 2.45) is 0 Å². The van der Waals surface area contributed by atoms with E-state index in [1.54, 1.807) is 18.9 Å². The van der Waals surface area contributed by atoms with Crippen LogP contribution in [0, 0.1) is 0 Å². The quantitative estimate of drug-likeness (QED) is 0.616. The third-order valence-electron chi connectivity index (χ3n) is 2.33. The van der Waals surface area contributed by atoms with E-state index in [1.165, 1.54) is 6.26 Å². The molecule has 1 unspecified atom stereocenters. The Morgan fingerprint density at radius 2 is 1.94 bits per heavy atom. The van der Waals surface area contributed by atoms with Gasteiger partial charge in [-0.25, -0.2) is 13.1 Å². The Morgan fingerprint density at radius 3 is 2.44 bits per heavy atom. The van der Waals surface area contributed by atoms with Crippen LogP contribution in [0.5, 0.6) is 0 Å². The molecule has 6 heteroatoms. The molecule has 0 aliphatic heterocycles. The highest BCUT2D eigenvalue weighted by atomic mass is 32.2. The van der Waals surface area contributed by atoms with Crippen LogP contribution in [0.25, 0.3) is 0 Å². The van der Waals surface area contributed by atoms with Gasteiger partial charge in [0.05, 0.1) is 12.9 Å². The van der Waals surface area contributed by atoms with Gasteiger partial charge in [-0.3, -0.25) is 0 Å². The summed E-state index contributed by atoms with van der Waals surface area (Å²) < 4.78 is 29.8. The van der Waals surface area contributed by atoms with Crippen molar-refractivity contribution in [1.29, 1.82) is 0 Å². The van der Waals surface area contributed by atoms with E-state index in [0.29, 0.717) is 0 Å². The Bertz CT molecular complexity index is 457. The lowest BCUT2D eigenvalue weighted by atomic mass is 10.1. The first-order valence-electron chi connectivity index (χ1n) is 5.61. The molecule has 0 aromatic heterocycles. The minimum absolute atomic E-state index is 0.210. The third kappa shape index (κ3) is 5.86. The largest absolute Gasteiger partial charge is 0.384 e. The van der Waals surface area contributed by atoms with E-state index >= 15 is 0 Å². The predicted octanol–water partition coefficient (Wildman–Crippen LogP) is 2.04. The average Bonchev–Trinajstić information content (AvgIpc) is 2.28. The van der Waals surface area contributed by atoms with Crippen LogP contribution in [-0.4, -0.2) is 34.1 Å². The molecule has 0 bridgehead atoms. The van der Waals surface area contributed by atoms with E-state index in [4.69, 9.17) is 4.74 Å². The fraction of sp³-hybridized carbons (Fsp3) is 0.500. The monoisotopic (exact) mass is 289 g/mol. The van der Waals surface area contributed by atoms with Crippen LogP contribution in [-0.2, 0) is 14.8 Å². The fourth-order valence-electron chi connectivity index (χ4n) is 1.48. The molecule has 0 saturated carbocycles. The van der Waals surface area contributed by atoms with Gasteiger partial charge >= 0.3 is 0 Å². The average molecular weight is 289 g/mol. The molecular formula is C12H19NO3S2. The molecule has 0 fully saturated rings. The molecule has 0 saturated heterocycles. The minimum atomic E-state index is -3.17. The zero-order chi connectivity index (χ0) is 13.6. The van der Waals surface area contributed by atoms with Crippen LogP contribution in [0.1, 0.15) is 18.5 Å². The number of benzene rings is 1. The maximum absolute atomic E-state index is 11.1. The second kappa shape index (κ2) is 7.13. The summed E-state index contributed by atoms with van der Waals surface area (Å²) >= 11 is 1.71. The zero-order valence-electron chi connectivity index (χ0n) is 10.8. The van der Waals surface area contributed by atoms with Gasteiger partial charge in [0.2, 0.25) is 10.0 Å². The van der Waals surface area contributed by atoms with E-state index < -0.39 is 10.0 Å². The first-order valence-corrected chi connectivity index (χ1v) is 8.49. The standard InChI is InChI=1S/C12H19NO3S2/c1-10(13-18(3,14)15)11-4-6-12(7-5-11)17-9-8-16-2/h4-7,10,13H,8-9H2,1-3H3. The van der Waals surface area contributed by atoms with Gasteiger partial charge in [0.25, 0.3) is 0 Å². The van der Waals surface area contributed by atoms with Crippen molar-refractivity contribution < 1.29 is 13.2 Å². The summed E-state index contributed by atoms with van der Waals surface area (Å²) in [5.41, 5.74) is 0.955. The number of thioether (sulfide) groups is 1. The first-order chi connectivity index (χ1) is 8.42. The molecule has 102 valence electrons. The maximum Gasteiger partial charge on any atom is 0.209 e. The number of nitrogens with one attached hydrogen (secondary N) is 1. The van der Waals surface area contributed by atoms with Crippen molar-refractivity contribution in [3.05, 3.63) is 29.8 Å². The zero-order valence-corrected chi connectivity index (χ0v) is 12.5. The Morgan fingerprint density at radius 1 is 1.33 bits per heavy atom. The highest BCUT2D eigenvalue weighted by Gasteiger charge is 2.10. The van der Waals surface area contributed by atoms with E-state index in [2.05, 4.69) is 4.72 Å². The van der Waals surface area contributed by atoms with E-state index in [9.17, 15) is 8.42 Å². The number of hydrogen-bond acceptors (Lipinski definition) is 4. The minimum Gasteiger partial charge on any atom is -0.384 e. The fourth-order valence-corrected chi connectivity index (χ4v) is 3.08. The molecule has 1 N–H and O–H groups in total. The van der Waals surface area contributed by atoms with E-state index in [-0.39, 0.29) is 6.04 Å². The first kappa shape index (κ1) is 15.5. The summed E-state index contributed by atoms with van der Waals surface area (Å²) in [6, 6.07) is 7.67. The van der Waals surface area contributed by atoms with Crippen LogP contribution in [0.2, 0.25) is 0 Å². The van der Waals surface area contributed by atoms with Gasteiger partial charge in [0, 0.05) is 23.8 Å². The number of sulfonamides is 1.